The summed E-state index contributed by atoms with van der Waals surface area (Å²) in [6, 6.07) is 75.8. The molecule has 0 fully saturated rings. The minimum Gasteiger partial charge on any atom is -0.376 e. The van der Waals surface area contributed by atoms with Gasteiger partial charge in [0.05, 0.1) is 16.8 Å². The maximum absolute atomic E-state index is 2.70. The van der Waals surface area contributed by atoms with Crippen molar-refractivity contribution in [3.05, 3.63) is 234 Å². The van der Waals surface area contributed by atoms with E-state index in [1.54, 1.807) is 0 Å². The van der Waals surface area contributed by atoms with Crippen LogP contribution >= 0.6 is 11.3 Å². The second kappa shape index (κ2) is 12.2. The van der Waals surface area contributed by atoms with E-state index in [9.17, 15) is 0 Å². The first-order chi connectivity index (χ1) is 30.6. The molecule has 14 rings (SSSR count). The molecule has 0 N–H and O–H groups in total. The number of hydrogen-bond acceptors (Lipinski definition) is 3. The van der Waals surface area contributed by atoms with Crippen LogP contribution in [0.2, 0.25) is 0 Å². The van der Waals surface area contributed by atoms with Gasteiger partial charge in [0.2, 0.25) is 0 Å². The van der Waals surface area contributed by atoms with E-state index in [2.05, 4.69) is 224 Å². The molecule has 0 bridgehead atoms. The first kappa shape index (κ1) is 34.6. The third-order valence-corrected chi connectivity index (χ3v) is 15.8. The number of fused-ring (bicyclic) bond motifs is 14. The van der Waals surface area contributed by atoms with Crippen molar-refractivity contribution in [2.75, 3.05) is 9.71 Å². The molecule has 4 aliphatic rings. The fraction of sp³-hybridized carbons (Fsp3) is 0.0690. The Labute approximate surface area is 366 Å². The summed E-state index contributed by atoms with van der Waals surface area (Å²) in [4.78, 5) is 5.39. The van der Waals surface area contributed by atoms with Crippen LogP contribution in [0.25, 0.3) is 42.4 Å². The van der Waals surface area contributed by atoms with Gasteiger partial charge in [-0.25, -0.2) is 0 Å². The lowest BCUT2D eigenvalue weighted by atomic mass is 9.42. The maximum Gasteiger partial charge on any atom is 0.333 e. The number of para-hydroxylation sites is 3. The summed E-state index contributed by atoms with van der Waals surface area (Å²) >= 11 is 1.93. The molecule has 0 spiro atoms. The Kier molecular flexibility index (Phi) is 6.83. The summed E-state index contributed by atoms with van der Waals surface area (Å²) in [5, 5.41) is 2.65. The van der Waals surface area contributed by atoms with E-state index in [4.69, 9.17) is 0 Å². The van der Waals surface area contributed by atoms with Gasteiger partial charge >= 0.3 is 6.85 Å². The highest BCUT2D eigenvalue weighted by molar-refractivity contribution is 7.26. The summed E-state index contributed by atoms with van der Waals surface area (Å²) in [6.45, 7) is 4.70. The van der Waals surface area contributed by atoms with Crippen LogP contribution in [0, 0.1) is 0 Å². The number of benzene rings is 9. The predicted molar refractivity (Wildman–Crippen MR) is 262 cm³/mol. The second-order valence-electron chi connectivity index (χ2n) is 17.9. The smallest absolute Gasteiger partial charge is 0.333 e. The summed E-state index contributed by atoms with van der Waals surface area (Å²) in [5.74, 6) is 0. The zero-order chi connectivity index (χ0) is 40.9. The third kappa shape index (κ3) is 4.16. The van der Waals surface area contributed by atoms with E-state index < -0.39 is 5.41 Å². The van der Waals surface area contributed by atoms with Crippen LogP contribution in [0.4, 0.5) is 28.4 Å². The molecule has 0 unspecified atom stereocenters. The summed E-state index contributed by atoms with van der Waals surface area (Å²) in [5.41, 5.74) is 21.5. The highest BCUT2D eigenvalue weighted by Gasteiger charge is 2.54. The summed E-state index contributed by atoms with van der Waals surface area (Å²) in [6.07, 6.45) is 0. The Morgan fingerprint density at radius 3 is 1.89 bits per heavy atom. The van der Waals surface area contributed by atoms with Gasteiger partial charge in [-0.15, -0.1) is 11.3 Å². The van der Waals surface area contributed by atoms with E-state index in [0.29, 0.717) is 0 Å². The van der Waals surface area contributed by atoms with Crippen molar-refractivity contribution < 1.29 is 0 Å². The van der Waals surface area contributed by atoms with Gasteiger partial charge in [-0.1, -0.05) is 178 Å². The van der Waals surface area contributed by atoms with Crippen LogP contribution in [0.1, 0.15) is 47.2 Å². The minimum atomic E-state index is -0.577. The van der Waals surface area contributed by atoms with E-state index in [1.165, 1.54) is 115 Å². The summed E-state index contributed by atoms with van der Waals surface area (Å²) < 4.78 is 2.64. The number of anilines is 5. The number of thiophene rings is 1. The van der Waals surface area contributed by atoms with Gasteiger partial charge in [0, 0.05) is 48.2 Å². The Morgan fingerprint density at radius 2 is 1.11 bits per heavy atom. The fourth-order valence-corrected chi connectivity index (χ4v) is 13.4. The van der Waals surface area contributed by atoms with E-state index in [-0.39, 0.29) is 12.3 Å². The van der Waals surface area contributed by atoms with Crippen LogP contribution in [0.5, 0.6) is 0 Å². The maximum atomic E-state index is 2.70. The highest BCUT2D eigenvalue weighted by Crippen LogP contribution is 2.62. The van der Waals surface area contributed by atoms with E-state index >= 15 is 0 Å². The molecule has 0 radical (unpaired) electrons. The molecule has 1 aliphatic carbocycles. The van der Waals surface area contributed by atoms with Crippen LogP contribution < -0.4 is 20.6 Å². The quantitative estimate of drug-likeness (QED) is 0.164. The zero-order valence-corrected chi connectivity index (χ0v) is 35.2. The molecule has 0 saturated carbocycles. The lowest BCUT2D eigenvalue weighted by Crippen LogP contribution is -2.62. The molecule has 1 aromatic heterocycles. The third-order valence-electron chi connectivity index (χ3n) is 14.7. The Hall–Kier alpha value is -7.14. The minimum absolute atomic E-state index is 0.110. The van der Waals surface area contributed by atoms with E-state index in [1.807, 2.05) is 11.3 Å². The first-order valence-corrected chi connectivity index (χ1v) is 22.6. The van der Waals surface area contributed by atoms with Gasteiger partial charge in [-0.3, -0.25) is 0 Å². The Balaban J connectivity index is 1.21. The molecule has 0 saturated heterocycles. The monoisotopic (exact) mass is 806 g/mol. The molecule has 10 aromatic rings. The van der Waals surface area contributed by atoms with Gasteiger partial charge in [0.15, 0.2) is 0 Å². The lowest BCUT2D eigenvalue weighted by Gasteiger charge is -2.52. The first-order valence-electron chi connectivity index (χ1n) is 21.8. The van der Waals surface area contributed by atoms with Gasteiger partial charge in [0.1, 0.15) is 0 Å². The van der Waals surface area contributed by atoms with Gasteiger partial charge in [-0.05, 0) is 97.4 Å². The van der Waals surface area contributed by atoms with Crippen molar-refractivity contribution in [2.45, 2.75) is 24.7 Å². The van der Waals surface area contributed by atoms with Gasteiger partial charge in [-0.2, -0.15) is 0 Å². The molecule has 0 atom stereocenters. The van der Waals surface area contributed by atoms with Crippen LogP contribution in [-0.2, 0) is 10.8 Å². The van der Waals surface area contributed by atoms with Gasteiger partial charge in [0.25, 0.3) is 0 Å². The molecule has 9 aromatic carbocycles. The van der Waals surface area contributed by atoms with Gasteiger partial charge < -0.3 is 9.71 Å². The predicted octanol–water partition coefficient (Wildman–Crippen LogP) is 13.8. The van der Waals surface area contributed by atoms with Crippen molar-refractivity contribution in [1.82, 2.24) is 0 Å². The van der Waals surface area contributed by atoms with Crippen molar-refractivity contribution in [2.24, 2.45) is 0 Å². The molecule has 2 nitrogen and oxygen atoms in total. The number of hydrogen-bond donors (Lipinski definition) is 0. The molecule has 290 valence electrons. The van der Waals surface area contributed by atoms with Crippen molar-refractivity contribution in [1.29, 1.82) is 0 Å². The molecule has 0 amide bonds. The molecular formula is C58H39BN2S. The second-order valence-corrected chi connectivity index (χ2v) is 19.0. The molecule has 62 heavy (non-hydrogen) atoms. The normalized spacial score (nSPS) is 15.4. The standard InChI is InChI=1S/C58H39BN2S/c1-57(2)42-27-14-12-25-39(42)51-44(57)33-34-48-52(51)41-35-50-53(40-26-13-17-32-49(40)62-50)56-54(41)59(61(48)38-23-10-5-11-24-38)46-30-18-29-45-55(46)60(56)47-31-16-15-28-43(47)58(45,36-19-6-3-7-20-36)37-21-8-4-9-22-37/h3-35H,1-2H3. The molecule has 4 heteroatoms. The average molecular weight is 807 g/mol. The highest BCUT2D eigenvalue weighted by atomic mass is 32.1. The van der Waals surface area contributed by atoms with Crippen molar-refractivity contribution in [3.8, 4) is 22.3 Å². The molecule has 4 heterocycles. The Bertz CT molecular complexity index is 3480. The summed E-state index contributed by atoms with van der Waals surface area (Å²) in [7, 11) is 0. The van der Waals surface area contributed by atoms with Crippen LogP contribution in [0.15, 0.2) is 200 Å². The SMILES string of the molecule is CC1(C)c2ccccc2-c2c1ccc1c2-c2cc3sc4ccccc4c3c3c2B(c2cccc4c2N3c2ccccc2C4(c2ccccc2)c2ccccc2)N1c1ccccc1. The van der Waals surface area contributed by atoms with Crippen LogP contribution in [0.3, 0.4) is 0 Å². The average Bonchev–Trinajstić information content (AvgIpc) is 3.82. The van der Waals surface area contributed by atoms with Crippen molar-refractivity contribution >= 4 is 77.7 Å². The zero-order valence-electron chi connectivity index (χ0n) is 34.4. The topological polar surface area (TPSA) is 6.48 Å². The number of nitrogens with zero attached hydrogens (tertiary/aromatic N) is 2. The number of rotatable bonds is 3. The fourth-order valence-electron chi connectivity index (χ4n) is 12.3. The lowest BCUT2D eigenvalue weighted by molar-refractivity contribution is 0.660. The molecular weight excluding hydrogens is 768 g/mol. The van der Waals surface area contributed by atoms with E-state index in [0.717, 1.165) is 0 Å². The Morgan fingerprint density at radius 1 is 0.468 bits per heavy atom. The van der Waals surface area contributed by atoms with Crippen LogP contribution in [-0.4, -0.2) is 6.85 Å². The molecule has 3 aliphatic heterocycles. The van der Waals surface area contributed by atoms with Crippen molar-refractivity contribution in [3.63, 3.8) is 0 Å². The largest absolute Gasteiger partial charge is 0.376 e.